The van der Waals surface area contributed by atoms with Crippen molar-refractivity contribution in [3.63, 3.8) is 0 Å². The van der Waals surface area contributed by atoms with Crippen molar-refractivity contribution in [2.45, 2.75) is 0 Å². The van der Waals surface area contributed by atoms with Gasteiger partial charge in [0.1, 0.15) is 5.75 Å². The Hall–Kier alpha value is -1.90. The van der Waals surface area contributed by atoms with Gasteiger partial charge in [0.05, 0.1) is 12.8 Å². The third-order valence-electron chi connectivity index (χ3n) is 2.14. The highest BCUT2D eigenvalue weighted by Gasteiger charge is 2.02. The molecule has 0 spiro atoms. The van der Waals surface area contributed by atoms with E-state index in [9.17, 15) is 0 Å². The molecule has 0 saturated carbocycles. The molecular weight excluding hydrogens is 176 g/mol. The fourth-order valence-electron chi connectivity index (χ4n) is 1.41. The maximum absolute atomic E-state index is 5.80. The van der Waals surface area contributed by atoms with E-state index in [0.717, 1.165) is 11.3 Å². The van der Waals surface area contributed by atoms with Crippen molar-refractivity contribution < 1.29 is 4.74 Å². The first-order valence-electron chi connectivity index (χ1n) is 4.38. The van der Waals surface area contributed by atoms with E-state index in [0.29, 0.717) is 11.4 Å². The molecule has 0 aliphatic heterocycles. The van der Waals surface area contributed by atoms with Crippen LogP contribution in [0.25, 0.3) is 11.3 Å². The van der Waals surface area contributed by atoms with Crippen molar-refractivity contribution in [2.75, 3.05) is 12.8 Å². The van der Waals surface area contributed by atoms with Gasteiger partial charge in [-0.1, -0.05) is 0 Å². The lowest BCUT2D eigenvalue weighted by Crippen LogP contribution is -1.92. The lowest BCUT2D eigenvalue weighted by molar-refractivity contribution is 0.417. The molecule has 3 N–H and O–H groups in total. The molecule has 2 aromatic rings. The average molecular weight is 188 g/mol. The first-order chi connectivity index (χ1) is 6.81. The second kappa shape index (κ2) is 3.46. The number of nitrogen functional groups attached to an aromatic ring is 1. The number of methoxy groups -OCH3 is 1. The predicted octanol–water partition coefficient (Wildman–Crippen LogP) is 2.27. The highest BCUT2D eigenvalue weighted by atomic mass is 16.5. The Morgan fingerprint density at radius 1 is 1.29 bits per heavy atom. The number of nitrogens with two attached hydrogens (primary N) is 1. The highest BCUT2D eigenvalue weighted by Crippen LogP contribution is 2.27. The van der Waals surface area contributed by atoms with Gasteiger partial charge in [-0.25, -0.2) is 0 Å². The number of benzene rings is 1. The summed E-state index contributed by atoms with van der Waals surface area (Å²) in [6.45, 7) is 0. The van der Waals surface area contributed by atoms with Gasteiger partial charge in [-0.2, -0.15) is 0 Å². The Morgan fingerprint density at radius 2 is 2.14 bits per heavy atom. The molecule has 0 atom stereocenters. The Kier molecular flexibility index (Phi) is 2.14. The van der Waals surface area contributed by atoms with E-state index < -0.39 is 0 Å². The van der Waals surface area contributed by atoms with Crippen LogP contribution in [-0.4, -0.2) is 12.1 Å². The van der Waals surface area contributed by atoms with E-state index in [-0.39, 0.29) is 0 Å². The summed E-state index contributed by atoms with van der Waals surface area (Å²) >= 11 is 0. The van der Waals surface area contributed by atoms with Crippen molar-refractivity contribution >= 4 is 5.69 Å². The molecule has 0 amide bonds. The Labute approximate surface area is 82.5 Å². The lowest BCUT2D eigenvalue weighted by atomic mass is 10.1. The number of hydrogen-bond acceptors (Lipinski definition) is 2. The Balaban J connectivity index is 2.43. The Bertz CT molecular complexity index is 421. The zero-order valence-corrected chi connectivity index (χ0v) is 7.95. The van der Waals surface area contributed by atoms with Gasteiger partial charge < -0.3 is 15.5 Å². The van der Waals surface area contributed by atoms with Gasteiger partial charge in [0.2, 0.25) is 0 Å². The smallest absolute Gasteiger partial charge is 0.141 e. The molecule has 72 valence electrons. The number of hydrogen-bond donors (Lipinski definition) is 2. The highest BCUT2D eigenvalue weighted by molar-refractivity contribution is 5.68. The fourth-order valence-corrected chi connectivity index (χ4v) is 1.41. The normalized spacial score (nSPS) is 10.1. The zero-order valence-electron chi connectivity index (χ0n) is 7.95. The fraction of sp³-hybridized carbons (Fsp3) is 0.0909. The first kappa shape index (κ1) is 8.69. The maximum Gasteiger partial charge on any atom is 0.141 e. The molecule has 2 rings (SSSR count). The van der Waals surface area contributed by atoms with Crippen molar-refractivity contribution in [1.29, 1.82) is 0 Å². The summed E-state index contributed by atoms with van der Waals surface area (Å²) in [5.41, 5.74) is 8.57. The van der Waals surface area contributed by atoms with Gasteiger partial charge in [0.15, 0.2) is 0 Å². The summed E-state index contributed by atoms with van der Waals surface area (Å²) in [7, 11) is 1.61. The molecule has 0 aliphatic rings. The van der Waals surface area contributed by atoms with E-state index in [4.69, 9.17) is 10.5 Å². The van der Waals surface area contributed by atoms with Gasteiger partial charge in [-0.3, -0.25) is 0 Å². The monoisotopic (exact) mass is 188 g/mol. The second-order valence-electron chi connectivity index (χ2n) is 3.04. The number of aromatic nitrogens is 1. The summed E-state index contributed by atoms with van der Waals surface area (Å²) < 4.78 is 5.08. The molecule has 0 aliphatic carbocycles. The van der Waals surface area contributed by atoms with Gasteiger partial charge in [0.25, 0.3) is 0 Å². The van der Waals surface area contributed by atoms with Crippen molar-refractivity contribution in [3.05, 3.63) is 36.5 Å². The number of ether oxygens (including phenoxy) is 1. The summed E-state index contributed by atoms with van der Waals surface area (Å²) in [5, 5.41) is 0. The minimum atomic E-state index is 0.652. The van der Waals surface area contributed by atoms with Gasteiger partial charge >= 0.3 is 0 Å². The quantitative estimate of drug-likeness (QED) is 0.710. The summed E-state index contributed by atoms with van der Waals surface area (Å²) in [4.78, 5) is 3.12. The molecule has 0 fully saturated rings. The molecule has 3 heteroatoms. The van der Waals surface area contributed by atoms with Crippen molar-refractivity contribution in [2.24, 2.45) is 0 Å². The van der Waals surface area contributed by atoms with E-state index >= 15 is 0 Å². The summed E-state index contributed by atoms with van der Waals surface area (Å²) in [6, 6.07) is 9.69. The molecular formula is C11H12N2O. The van der Waals surface area contributed by atoms with Crippen LogP contribution in [-0.2, 0) is 0 Å². The molecule has 3 nitrogen and oxygen atoms in total. The molecule has 1 heterocycles. The molecule has 0 saturated heterocycles. The molecule has 1 aromatic carbocycles. The molecule has 1 aromatic heterocycles. The third kappa shape index (κ3) is 1.44. The molecule has 14 heavy (non-hydrogen) atoms. The number of anilines is 1. The molecule has 0 radical (unpaired) electrons. The summed E-state index contributed by atoms with van der Waals surface area (Å²) in [6.07, 6.45) is 1.88. The van der Waals surface area contributed by atoms with Crippen LogP contribution in [0.3, 0.4) is 0 Å². The topological polar surface area (TPSA) is 51.0 Å². The van der Waals surface area contributed by atoms with E-state index in [1.54, 1.807) is 7.11 Å². The van der Waals surface area contributed by atoms with Gasteiger partial charge in [-0.15, -0.1) is 0 Å². The minimum absolute atomic E-state index is 0.652. The van der Waals surface area contributed by atoms with Crippen molar-refractivity contribution in [1.82, 2.24) is 4.98 Å². The first-order valence-corrected chi connectivity index (χ1v) is 4.38. The van der Waals surface area contributed by atoms with Crippen LogP contribution in [0.15, 0.2) is 36.5 Å². The Morgan fingerprint density at radius 3 is 2.71 bits per heavy atom. The minimum Gasteiger partial charge on any atom is -0.495 e. The predicted molar refractivity (Wildman–Crippen MR) is 57.2 cm³/mol. The van der Waals surface area contributed by atoms with Crippen LogP contribution in [0.1, 0.15) is 0 Å². The van der Waals surface area contributed by atoms with Gasteiger partial charge in [0, 0.05) is 17.5 Å². The number of aromatic amines is 1. The van der Waals surface area contributed by atoms with Crippen molar-refractivity contribution in [3.8, 4) is 17.0 Å². The van der Waals surface area contributed by atoms with E-state index in [2.05, 4.69) is 4.98 Å². The number of nitrogens with one attached hydrogen (secondary N) is 1. The lowest BCUT2D eigenvalue weighted by Gasteiger charge is -2.05. The number of H-pyrrole nitrogens is 1. The van der Waals surface area contributed by atoms with Crippen LogP contribution >= 0.6 is 0 Å². The second-order valence-corrected chi connectivity index (χ2v) is 3.04. The van der Waals surface area contributed by atoms with Gasteiger partial charge in [-0.05, 0) is 30.3 Å². The van der Waals surface area contributed by atoms with Crippen LogP contribution < -0.4 is 10.5 Å². The largest absolute Gasteiger partial charge is 0.495 e. The summed E-state index contributed by atoms with van der Waals surface area (Å²) in [5.74, 6) is 0.709. The maximum atomic E-state index is 5.80. The van der Waals surface area contributed by atoms with Crippen LogP contribution in [0, 0.1) is 0 Å². The number of rotatable bonds is 2. The standard InChI is InChI=1S/C11H12N2O/c1-14-11-5-4-8(7-9(11)12)10-3-2-6-13-10/h2-7,13H,12H2,1H3. The zero-order chi connectivity index (χ0) is 9.97. The van der Waals surface area contributed by atoms with Crippen LogP contribution in [0.5, 0.6) is 5.75 Å². The van der Waals surface area contributed by atoms with Crippen LogP contribution in [0.2, 0.25) is 0 Å². The van der Waals surface area contributed by atoms with E-state index in [1.807, 2.05) is 36.5 Å². The molecule has 0 unspecified atom stereocenters. The van der Waals surface area contributed by atoms with Crippen LogP contribution in [0.4, 0.5) is 5.69 Å². The SMILES string of the molecule is COc1ccc(-c2ccc[nH]2)cc1N. The average Bonchev–Trinajstić information content (AvgIpc) is 2.70. The third-order valence-corrected chi connectivity index (χ3v) is 2.14. The van der Waals surface area contributed by atoms with E-state index in [1.165, 1.54) is 0 Å². The molecule has 0 bridgehead atoms.